The van der Waals surface area contributed by atoms with Crippen molar-refractivity contribution in [2.24, 2.45) is 0 Å². The molecular weight excluding hydrogens is 250 g/mol. The molecule has 18 heavy (non-hydrogen) atoms. The maximum absolute atomic E-state index is 13.0. The van der Waals surface area contributed by atoms with Crippen LogP contribution in [-0.2, 0) is 4.79 Å². The van der Waals surface area contributed by atoms with Crippen LogP contribution in [-0.4, -0.2) is 18.3 Å². The van der Waals surface area contributed by atoms with Gasteiger partial charge in [0.25, 0.3) is 12.1 Å². The van der Waals surface area contributed by atoms with Crippen LogP contribution in [0.5, 0.6) is 0 Å². The van der Waals surface area contributed by atoms with Gasteiger partial charge in [-0.25, -0.2) is 4.39 Å². The van der Waals surface area contributed by atoms with Gasteiger partial charge in [0.05, 0.1) is 0 Å². The minimum atomic E-state index is -5.22. The van der Waals surface area contributed by atoms with Gasteiger partial charge in [0, 0.05) is 11.4 Å². The van der Waals surface area contributed by atoms with E-state index in [1.54, 1.807) is 6.07 Å². The molecule has 0 aliphatic carbocycles. The number of rotatable bonds is 3. The summed E-state index contributed by atoms with van der Waals surface area (Å²) < 4.78 is 49.6. The average Bonchev–Trinajstić information content (AvgIpc) is 2.27. The van der Waals surface area contributed by atoms with Gasteiger partial charge in [-0.3, -0.25) is 9.69 Å². The molecule has 1 aromatic carbocycles. The summed E-state index contributed by atoms with van der Waals surface area (Å²) in [5, 5.41) is 0. The van der Waals surface area contributed by atoms with Gasteiger partial charge in [-0.1, -0.05) is 24.8 Å². The first kappa shape index (κ1) is 14.2. The lowest BCUT2D eigenvalue weighted by atomic mass is 10.2. The molecule has 0 radical (unpaired) electrons. The van der Waals surface area contributed by atoms with E-state index in [0.717, 1.165) is 0 Å². The summed E-state index contributed by atoms with van der Waals surface area (Å²) in [4.78, 5) is 12.1. The summed E-state index contributed by atoms with van der Waals surface area (Å²) in [5.41, 5.74) is 0.153. The molecule has 0 aromatic heterocycles. The molecule has 0 saturated heterocycles. The van der Waals surface area contributed by atoms with E-state index in [-0.39, 0.29) is 11.4 Å². The Morgan fingerprint density at radius 3 is 2.17 bits per heavy atom. The molecule has 0 N–H and O–H groups in total. The lowest BCUT2D eigenvalue weighted by molar-refractivity contribution is -0.185. The number of carbonyl (C=O) groups is 1. The van der Waals surface area contributed by atoms with E-state index in [9.17, 15) is 22.4 Å². The van der Waals surface area contributed by atoms with Gasteiger partial charge in [0.15, 0.2) is 0 Å². The molecule has 0 bridgehead atoms. The van der Waals surface area contributed by atoms with Crippen molar-refractivity contribution in [1.82, 2.24) is 0 Å². The molecule has 0 aliphatic rings. The van der Waals surface area contributed by atoms with Gasteiger partial charge >= 0.3 is 6.18 Å². The molecule has 1 unspecified atom stereocenters. The molecule has 0 spiro atoms. The van der Waals surface area contributed by atoms with Gasteiger partial charge in [-0.05, 0) is 19.1 Å². The van der Waals surface area contributed by atoms with Crippen LogP contribution in [0.2, 0.25) is 0 Å². The molecule has 6 heteroatoms. The molecule has 0 heterocycles. The largest absolute Gasteiger partial charge is 0.428 e. The fourth-order valence-electron chi connectivity index (χ4n) is 1.37. The van der Waals surface area contributed by atoms with Crippen LogP contribution in [0.4, 0.5) is 23.2 Å². The van der Waals surface area contributed by atoms with Crippen LogP contribution in [0.3, 0.4) is 0 Å². The first-order valence-corrected chi connectivity index (χ1v) is 5.00. The Balaban J connectivity index is 3.09. The zero-order valence-electron chi connectivity index (χ0n) is 9.54. The van der Waals surface area contributed by atoms with Gasteiger partial charge in [-0.15, -0.1) is 0 Å². The van der Waals surface area contributed by atoms with Crippen LogP contribution in [0.25, 0.3) is 0 Å². The number of hydrogen-bond acceptors (Lipinski definition) is 1. The fourth-order valence-corrected chi connectivity index (χ4v) is 1.37. The van der Waals surface area contributed by atoms with Crippen molar-refractivity contribution >= 4 is 11.6 Å². The van der Waals surface area contributed by atoms with E-state index in [0.29, 0.717) is 4.90 Å². The van der Waals surface area contributed by atoms with Crippen LogP contribution in [0.1, 0.15) is 6.92 Å². The van der Waals surface area contributed by atoms with Crippen molar-refractivity contribution < 1.29 is 22.4 Å². The van der Waals surface area contributed by atoms with Crippen molar-refractivity contribution in [2.75, 3.05) is 4.90 Å². The van der Waals surface area contributed by atoms with Gasteiger partial charge in [0.1, 0.15) is 0 Å². The molecule has 1 amide bonds. The summed E-state index contributed by atoms with van der Waals surface area (Å²) in [7, 11) is 0. The van der Waals surface area contributed by atoms with Gasteiger partial charge in [0.2, 0.25) is 0 Å². The van der Waals surface area contributed by atoms with E-state index >= 15 is 0 Å². The zero-order chi connectivity index (χ0) is 13.9. The highest BCUT2D eigenvalue weighted by Crippen LogP contribution is 2.28. The molecule has 1 rings (SSSR count). The zero-order valence-corrected chi connectivity index (χ0v) is 9.54. The van der Waals surface area contributed by atoms with Crippen molar-refractivity contribution in [3.8, 4) is 0 Å². The number of alkyl halides is 4. The third-order valence-corrected chi connectivity index (χ3v) is 2.12. The second kappa shape index (κ2) is 5.20. The molecule has 1 aromatic rings. The second-order valence-electron chi connectivity index (χ2n) is 3.65. The number of allylic oxidation sites excluding steroid dienone is 1. The first-order valence-electron chi connectivity index (χ1n) is 5.00. The maximum atomic E-state index is 13.0. The highest BCUT2D eigenvalue weighted by molar-refractivity contribution is 5.99. The molecule has 0 aliphatic heterocycles. The smallest absolute Gasteiger partial charge is 0.283 e. The SMILES string of the molecule is C=C(C)N(C(=O)C(F)C(F)(F)F)c1ccccc1. The van der Waals surface area contributed by atoms with Crippen LogP contribution >= 0.6 is 0 Å². The number of anilines is 1. The Hall–Kier alpha value is -1.85. The number of hydrogen-bond donors (Lipinski definition) is 0. The van der Waals surface area contributed by atoms with Crippen LogP contribution in [0.15, 0.2) is 42.6 Å². The number of carbonyl (C=O) groups excluding carboxylic acids is 1. The summed E-state index contributed by atoms with van der Waals surface area (Å²) in [6.45, 7) is 4.72. The van der Waals surface area contributed by atoms with Crippen molar-refractivity contribution in [2.45, 2.75) is 19.3 Å². The van der Waals surface area contributed by atoms with Gasteiger partial charge in [-0.2, -0.15) is 13.2 Å². The fraction of sp³-hybridized carbons (Fsp3) is 0.250. The second-order valence-corrected chi connectivity index (χ2v) is 3.65. The number of nitrogens with zero attached hydrogens (tertiary/aromatic N) is 1. The quantitative estimate of drug-likeness (QED) is 0.763. The summed E-state index contributed by atoms with van der Waals surface area (Å²) in [6, 6.07) is 7.48. The predicted octanol–water partition coefficient (Wildman–Crippen LogP) is 3.45. The lowest BCUT2D eigenvalue weighted by Crippen LogP contribution is -2.43. The molecule has 98 valence electrons. The van der Waals surface area contributed by atoms with Crippen molar-refractivity contribution in [3.63, 3.8) is 0 Å². The minimum Gasteiger partial charge on any atom is -0.283 e. The standard InChI is InChI=1S/C12H11F4NO/c1-8(2)17(9-6-4-3-5-7-9)11(18)10(13)12(14,15)16/h3-7,10H,1H2,2H3. The molecule has 0 fully saturated rings. The number of benzene rings is 1. The average molecular weight is 261 g/mol. The Morgan fingerprint density at radius 1 is 1.28 bits per heavy atom. The summed E-state index contributed by atoms with van der Waals surface area (Å²) in [5.74, 6) is -1.69. The normalized spacial score (nSPS) is 12.9. The third kappa shape index (κ3) is 3.09. The third-order valence-electron chi connectivity index (χ3n) is 2.12. The molecule has 2 nitrogen and oxygen atoms in total. The van der Waals surface area contributed by atoms with Crippen molar-refractivity contribution in [1.29, 1.82) is 0 Å². The van der Waals surface area contributed by atoms with E-state index in [4.69, 9.17) is 0 Å². The lowest BCUT2D eigenvalue weighted by Gasteiger charge is -2.25. The van der Waals surface area contributed by atoms with Crippen LogP contribution < -0.4 is 4.90 Å². The molecule has 1 atom stereocenters. The number of amides is 1. The Bertz CT molecular complexity index is 441. The van der Waals surface area contributed by atoms with E-state index in [2.05, 4.69) is 6.58 Å². The highest BCUT2D eigenvalue weighted by atomic mass is 19.4. The number of halogens is 4. The summed E-state index contributed by atoms with van der Waals surface area (Å²) in [6.07, 6.45) is -8.78. The maximum Gasteiger partial charge on any atom is 0.428 e. The molecular formula is C12H11F4NO. The Labute approximate surface area is 102 Å². The van der Waals surface area contributed by atoms with E-state index in [1.165, 1.54) is 31.2 Å². The Morgan fingerprint density at radius 2 is 1.78 bits per heavy atom. The molecule has 0 saturated carbocycles. The van der Waals surface area contributed by atoms with Crippen LogP contribution in [0, 0.1) is 0 Å². The first-order chi connectivity index (χ1) is 8.25. The van der Waals surface area contributed by atoms with E-state index in [1.807, 2.05) is 0 Å². The number of para-hydroxylation sites is 1. The van der Waals surface area contributed by atoms with Crippen molar-refractivity contribution in [3.05, 3.63) is 42.6 Å². The topological polar surface area (TPSA) is 20.3 Å². The minimum absolute atomic E-state index is 0.0121. The monoisotopic (exact) mass is 261 g/mol. The van der Waals surface area contributed by atoms with Gasteiger partial charge < -0.3 is 0 Å². The highest BCUT2D eigenvalue weighted by Gasteiger charge is 2.47. The summed E-state index contributed by atoms with van der Waals surface area (Å²) >= 11 is 0. The Kier molecular flexibility index (Phi) is 4.11. The van der Waals surface area contributed by atoms with E-state index < -0.39 is 18.3 Å². The predicted molar refractivity (Wildman–Crippen MR) is 59.7 cm³/mol.